The standard InChI is InChI=1S/C20H33N3O3S/c1-6-22(7-2)27(25,26)19-14-17(13-12-16(19)3)21-20(24)15-23(4,5)18-10-8-9-11-18/h12-14,18H,6-11,15H2,1-5H3/p+1. The van der Waals surface area contributed by atoms with E-state index in [0.29, 0.717) is 41.4 Å². The number of likely N-dealkylation sites (N-methyl/N-ethyl adjacent to an activating group) is 1. The summed E-state index contributed by atoms with van der Waals surface area (Å²) < 4.78 is 27.8. The molecule has 152 valence electrons. The van der Waals surface area contributed by atoms with Gasteiger partial charge in [-0.05, 0) is 50.3 Å². The fourth-order valence-corrected chi connectivity index (χ4v) is 5.67. The van der Waals surface area contributed by atoms with Crippen molar-refractivity contribution in [3.8, 4) is 0 Å². The van der Waals surface area contributed by atoms with Crippen LogP contribution in [0.2, 0.25) is 0 Å². The average Bonchev–Trinajstić information content (AvgIpc) is 3.12. The first-order chi connectivity index (χ1) is 12.6. The van der Waals surface area contributed by atoms with E-state index in [0.717, 1.165) is 12.8 Å². The van der Waals surface area contributed by atoms with Gasteiger partial charge in [-0.2, -0.15) is 4.31 Å². The number of anilines is 1. The highest BCUT2D eigenvalue weighted by molar-refractivity contribution is 7.89. The number of nitrogens with one attached hydrogen (secondary N) is 1. The molecule has 0 bridgehead atoms. The number of carbonyl (C=O) groups is 1. The van der Waals surface area contributed by atoms with E-state index in [4.69, 9.17) is 0 Å². The lowest BCUT2D eigenvalue weighted by Gasteiger charge is -2.35. The summed E-state index contributed by atoms with van der Waals surface area (Å²) in [6.07, 6.45) is 4.80. The molecule has 2 rings (SSSR count). The van der Waals surface area contributed by atoms with Gasteiger partial charge in [0.25, 0.3) is 5.91 Å². The molecule has 0 spiro atoms. The summed E-state index contributed by atoms with van der Waals surface area (Å²) in [4.78, 5) is 12.8. The fraction of sp³-hybridized carbons (Fsp3) is 0.650. The minimum Gasteiger partial charge on any atom is -0.321 e. The Bertz CT molecular complexity index is 765. The first-order valence-electron chi connectivity index (χ1n) is 9.85. The molecule has 0 radical (unpaired) electrons. The van der Waals surface area contributed by atoms with Crippen LogP contribution in [0.15, 0.2) is 23.1 Å². The number of hydrogen-bond donors (Lipinski definition) is 1. The number of aryl methyl sites for hydroxylation is 1. The molecular formula is C20H34N3O3S+. The second-order valence-electron chi connectivity index (χ2n) is 7.99. The molecule has 0 aromatic heterocycles. The average molecular weight is 397 g/mol. The van der Waals surface area contributed by atoms with Gasteiger partial charge in [0.1, 0.15) is 0 Å². The van der Waals surface area contributed by atoms with E-state index in [1.165, 1.54) is 17.1 Å². The molecule has 0 heterocycles. The Morgan fingerprint density at radius 3 is 2.33 bits per heavy atom. The Hall–Kier alpha value is -1.44. The molecule has 6 nitrogen and oxygen atoms in total. The highest BCUT2D eigenvalue weighted by atomic mass is 32.2. The van der Waals surface area contributed by atoms with Gasteiger partial charge in [0.2, 0.25) is 10.0 Å². The summed E-state index contributed by atoms with van der Waals surface area (Å²) >= 11 is 0. The van der Waals surface area contributed by atoms with Crippen LogP contribution in [-0.2, 0) is 14.8 Å². The summed E-state index contributed by atoms with van der Waals surface area (Å²) in [5, 5.41) is 2.90. The summed E-state index contributed by atoms with van der Waals surface area (Å²) in [6.45, 7) is 6.65. The van der Waals surface area contributed by atoms with Crippen molar-refractivity contribution in [3.05, 3.63) is 23.8 Å². The molecule has 1 aromatic rings. The minimum absolute atomic E-state index is 0.0815. The van der Waals surface area contributed by atoms with Crippen LogP contribution in [0.3, 0.4) is 0 Å². The van der Waals surface area contributed by atoms with Gasteiger partial charge in [-0.1, -0.05) is 19.9 Å². The maximum Gasteiger partial charge on any atom is 0.279 e. The van der Waals surface area contributed by atoms with Crippen molar-refractivity contribution in [2.75, 3.05) is 39.0 Å². The molecule has 1 amide bonds. The largest absolute Gasteiger partial charge is 0.321 e. The first-order valence-corrected chi connectivity index (χ1v) is 11.3. The number of benzene rings is 1. The maximum atomic E-state index is 12.9. The van der Waals surface area contributed by atoms with Gasteiger partial charge in [0.15, 0.2) is 6.54 Å². The van der Waals surface area contributed by atoms with E-state index in [1.54, 1.807) is 25.1 Å². The molecule has 0 atom stereocenters. The molecule has 1 aromatic carbocycles. The van der Waals surface area contributed by atoms with Gasteiger partial charge >= 0.3 is 0 Å². The third-order valence-corrected chi connectivity index (χ3v) is 7.85. The lowest BCUT2D eigenvalue weighted by Crippen LogP contribution is -2.51. The van der Waals surface area contributed by atoms with Gasteiger partial charge in [-0.25, -0.2) is 8.42 Å². The van der Waals surface area contributed by atoms with Gasteiger partial charge in [0, 0.05) is 18.8 Å². The van der Waals surface area contributed by atoms with E-state index in [-0.39, 0.29) is 10.8 Å². The molecule has 0 aliphatic heterocycles. The number of carbonyl (C=O) groups excluding carboxylic acids is 1. The topological polar surface area (TPSA) is 66.5 Å². The predicted octanol–water partition coefficient (Wildman–Crippen LogP) is 2.98. The highest BCUT2D eigenvalue weighted by Gasteiger charge is 2.33. The van der Waals surface area contributed by atoms with Crippen molar-refractivity contribution in [2.45, 2.75) is 57.4 Å². The van der Waals surface area contributed by atoms with Crippen LogP contribution in [0.25, 0.3) is 0 Å². The van der Waals surface area contributed by atoms with E-state index >= 15 is 0 Å². The Morgan fingerprint density at radius 2 is 1.78 bits per heavy atom. The molecule has 7 heteroatoms. The van der Waals surface area contributed by atoms with Crippen molar-refractivity contribution in [2.24, 2.45) is 0 Å². The number of nitrogens with zero attached hydrogens (tertiary/aromatic N) is 2. The van der Waals surface area contributed by atoms with Crippen LogP contribution < -0.4 is 5.32 Å². The Labute approximate surface area is 164 Å². The molecule has 0 saturated heterocycles. The molecule has 0 unspecified atom stereocenters. The number of amides is 1. The van der Waals surface area contributed by atoms with E-state index < -0.39 is 10.0 Å². The molecule has 27 heavy (non-hydrogen) atoms. The van der Waals surface area contributed by atoms with Gasteiger partial charge < -0.3 is 9.80 Å². The fourth-order valence-electron chi connectivity index (χ4n) is 3.96. The van der Waals surface area contributed by atoms with Crippen LogP contribution >= 0.6 is 0 Å². The normalized spacial score (nSPS) is 16.1. The Kier molecular flexibility index (Phi) is 7.05. The van der Waals surface area contributed by atoms with Crippen LogP contribution in [0, 0.1) is 6.92 Å². The van der Waals surface area contributed by atoms with Gasteiger partial charge in [-0.3, -0.25) is 4.79 Å². The summed E-state index contributed by atoms with van der Waals surface area (Å²) in [5.41, 5.74) is 1.21. The van der Waals surface area contributed by atoms with Crippen molar-refractivity contribution in [3.63, 3.8) is 0 Å². The summed E-state index contributed by atoms with van der Waals surface area (Å²) in [7, 11) is 0.636. The van der Waals surface area contributed by atoms with Crippen LogP contribution in [0.1, 0.15) is 45.1 Å². The zero-order valence-corrected chi connectivity index (χ0v) is 18.1. The van der Waals surface area contributed by atoms with Crippen LogP contribution in [-0.4, -0.2) is 62.9 Å². The molecule has 1 aliphatic rings. The highest BCUT2D eigenvalue weighted by Crippen LogP contribution is 2.27. The number of sulfonamides is 1. The SMILES string of the molecule is CCN(CC)S(=O)(=O)c1cc(NC(=O)C[N+](C)(C)C2CCCC2)ccc1C. The summed E-state index contributed by atoms with van der Waals surface area (Å²) in [5.74, 6) is -0.0815. The quantitative estimate of drug-likeness (QED) is 0.687. The van der Waals surface area contributed by atoms with E-state index in [2.05, 4.69) is 19.4 Å². The van der Waals surface area contributed by atoms with Gasteiger partial charge in [0.05, 0.1) is 25.0 Å². The first kappa shape index (κ1) is 21.9. The lowest BCUT2D eigenvalue weighted by atomic mass is 10.2. The lowest BCUT2D eigenvalue weighted by molar-refractivity contribution is -0.906. The number of rotatable bonds is 8. The van der Waals surface area contributed by atoms with Crippen LogP contribution in [0.5, 0.6) is 0 Å². The monoisotopic (exact) mass is 396 g/mol. The third-order valence-electron chi connectivity index (χ3n) is 5.66. The van der Waals surface area contributed by atoms with Gasteiger partial charge in [-0.15, -0.1) is 0 Å². The molecular weight excluding hydrogens is 362 g/mol. The minimum atomic E-state index is -3.56. The Morgan fingerprint density at radius 1 is 1.19 bits per heavy atom. The molecule has 1 saturated carbocycles. The molecule has 1 N–H and O–H groups in total. The maximum absolute atomic E-state index is 12.9. The van der Waals surface area contributed by atoms with E-state index in [1.807, 2.05) is 13.8 Å². The van der Waals surface area contributed by atoms with Crippen molar-refractivity contribution in [1.82, 2.24) is 4.31 Å². The molecule has 1 fully saturated rings. The molecule has 1 aliphatic carbocycles. The number of hydrogen-bond acceptors (Lipinski definition) is 3. The zero-order chi connectivity index (χ0) is 20.2. The second kappa shape index (κ2) is 8.71. The smallest absolute Gasteiger partial charge is 0.279 e. The van der Waals surface area contributed by atoms with Crippen molar-refractivity contribution < 1.29 is 17.7 Å². The zero-order valence-electron chi connectivity index (χ0n) is 17.3. The van der Waals surface area contributed by atoms with Crippen LogP contribution in [0.4, 0.5) is 5.69 Å². The van der Waals surface area contributed by atoms with Crippen molar-refractivity contribution in [1.29, 1.82) is 0 Å². The third kappa shape index (κ3) is 5.09. The number of quaternary nitrogens is 1. The van der Waals surface area contributed by atoms with Crippen molar-refractivity contribution >= 4 is 21.6 Å². The predicted molar refractivity (Wildman–Crippen MR) is 109 cm³/mol. The second-order valence-corrected chi connectivity index (χ2v) is 9.90. The van der Waals surface area contributed by atoms with E-state index in [9.17, 15) is 13.2 Å². The Balaban J connectivity index is 2.17. The summed E-state index contributed by atoms with van der Waals surface area (Å²) in [6, 6.07) is 5.62.